The predicted molar refractivity (Wildman–Crippen MR) is 69.3 cm³/mol. The van der Waals surface area contributed by atoms with Gasteiger partial charge in [0.1, 0.15) is 5.82 Å². The summed E-state index contributed by atoms with van der Waals surface area (Å²) in [6.45, 7) is 3.83. The monoisotopic (exact) mass is 246 g/mol. The highest BCUT2D eigenvalue weighted by atomic mass is 19.1. The summed E-state index contributed by atoms with van der Waals surface area (Å²) in [6, 6.07) is 6.43. The molecule has 0 radical (unpaired) electrons. The molecule has 1 aliphatic rings. The first kappa shape index (κ1) is 13.0. The molecule has 0 aliphatic heterocycles. The van der Waals surface area contributed by atoms with Crippen LogP contribution in [0, 0.1) is 29.0 Å². The molecule has 0 heterocycles. The summed E-state index contributed by atoms with van der Waals surface area (Å²) in [5.74, 6) is 1.23. The van der Waals surface area contributed by atoms with Crippen molar-refractivity contribution in [3.05, 3.63) is 35.1 Å². The van der Waals surface area contributed by atoms with Gasteiger partial charge < -0.3 is 5.32 Å². The fraction of sp³-hybridized carbons (Fsp3) is 0.533. The Kier molecular flexibility index (Phi) is 4.33. The Labute approximate surface area is 108 Å². The molecule has 0 aromatic heterocycles. The zero-order valence-corrected chi connectivity index (χ0v) is 10.7. The van der Waals surface area contributed by atoms with E-state index in [1.807, 2.05) is 0 Å². The molecule has 18 heavy (non-hydrogen) atoms. The van der Waals surface area contributed by atoms with E-state index < -0.39 is 0 Å². The van der Waals surface area contributed by atoms with Crippen molar-refractivity contribution < 1.29 is 4.39 Å². The van der Waals surface area contributed by atoms with Crippen LogP contribution >= 0.6 is 0 Å². The molecule has 1 aromatic rings. The van der Waals surface area contributed by atoms with Gasteiger partial charge in [0, 0.05) is 6.54 Å². The fourth-order valence-electron chi connectivity index (χ4n) is 2.74. The first-order chi connectivity index (χ1) is 8.70. The number of hydrogen-bond acceptors (Lipinski definition) is 2. The molecule has 0 amide bonds. The van der Waals surface area contributed by atoms with Gasteiger partial charge in [-0.25, -0.2) is 4.39 Å². The zero-order valence-electron chi connectivity index (χ0n) is 10.7. The molecule has 2 unspecified atom stereocenters. The first-order valence-corrected chi connectivity index (χ1v) is 6.60. The summed E-state index contributed by atoms with van der Waals surface area (Å²) in [5.41, 5.74) is 1.31. The summed E-state index contributed by atoms with van der Waals surface area (Å²) in [5, 5.41) is 12.3. The normalized spacial score (nSPS) is 22.9. The SMILES string of the molecule is CC1CCCC1CNCc1cc(F)ccc1C#N. The summed E-state index contributed by atoms with van der Waals surface area (Å²) >= 11 is 0. The third-order valence-electron chi connectivity index (χ3n) is 3.95. The van der Waals surface area contributed by atoms with E-state index in [9.17, 15) is 4.39 Å². The van der Waals surface area contributed by atoms with Gasteiger partial charge in [0.2, 0.25) is 0 Å². The average molecular weight is 246 g/mol. The van der Waals surface area contributed by atoms with Crippen molar-refractivity contribution in [1.82, 2.24) is 5.32 Å². The van der Waals surface area contributed by atoms with E-state index in [1.54, 1.807) is 6.07 Å². The molecule has 2 nitrogen and oxygen atoms in total. The van der Waals surface area contributed by atoms with E-state index in [2.05, 4.69) is 18.3 Å². The minimum atomic E-state index is -0.278. The van der Waals surface area contributed by atoms with Crippen LogP contribution in [0.3, 0.4) is 0 Å². The van der Waals surface area contributed by atoms with Gasteiger partial charge in [-0.1, -0.05) is 19.8 Å². The lowest BCUT2D eigenvalue weighted by molar-refractivity contribution is 0.392. The molecule has 0 bridgehead atoms. The maximum atomic E-state index is 13.1. The molecule has 2 rings (SSSR count). The Hall–Kier alpha value is -1.40. The number of benzene rings is 1. The van der Waals surface area contributed by atoms with Crippen molar-refractivity contribution in [2.45, 2.75) is 32.7 Å². The molecular weight excluding hydrogens is 227 g/mol. The third kappa shape index (κ3) is 3.08. The van der Waals surface area contributed by atoms with Crippen LogP contribution in [0.25, 0.3) is 0 Å². The third-order valence-corrected chi connectivity index (χ3v) is 3.95. The van der Waals surface area contributed by atoms with Crippen LogP contribution in [-0.2, 0) is 6.54 Å². The Morgan fingerprint density at radius 1 is 1.44 bits per heavy atom. The molecule has 1 aromatic carbocycles. The number of nitriles is 1. The Balaban J connectivity index is 1.90. The lowest BCUT2D eigenvalue weighted by atomic mass is 9.98. The quantitative estimate of drug-likeness (QED) is 0.885. The van der Waals surface area contributed by atoms with E-state index in [4.69, 9.17) is 5.26 Å². The first-order valence-electron chi connectivity index (χ1n) is 6.60. The average Bonchev–Trinajstić information content (AvgIpc) is 2.76. The fourth-order valence-corrected chi connectivity index (χ4v) is 2.74. The van der Waals surface area contributed by atoms with Crippen LogP contribution in [0.5, 0.6) is 0 Å². The zero-order chi connectivity index (χ0) is 13.0. The highest BCUT2D eigenvalue weighted by Gasteiger charge is 2.22. The van der Waals surface area contributed by atoms with Crippen LogP contribution in [0.4, 0.5) is 4.39 Å². The minimum absolute atomic E-state index is 0.278. The molecule has 1 aliphatic carbocycles. The maximum absolute atomic E-state index is 13.1. The second-order valence-electron chi connectivity index (χ2n) is 5.21. The van der Waals surface area contributed by atoms with Gasteiger partial charge in [-0.05, 0) is 48.6 Å². The van der Waals surface area contributed by atoms with Gasteiger partial charge in [-0.3, -0.25) is 0 Å². The summed E-state index contributed by atoms with van der Waals surface area (Å²) in [6.07, 6.45) is 3.91. The van der Waals surface area contributed by atoms with Crippen molar-refractivity contribution in [2.75, 3.05) is 6.54 Å². The highest BCUT2D eigenvalue weighted by Crippen LogP contribution is 2.30. The van der Waals surface area contributed by atoms with Crippen LogP contribution in [0.2, 0.25) is 0 Å². The van der Waals surface area contributed by atoms with Crippen molar-refractivity contribution in [2.24, 2.45) is 11.8 Å². The van der Waals surface area contributed by atoms with Crippen molar-refractivity contribution in [1.29, 1.82) is 5.26 Å². The number of rotatable bonds is 4. The highest BCUT2D eigenvalue weighted by molar-refractivity contribution is 5.37. The molecule has 1 saturated carbocycles. The molecule has 0 spiro atoms. The standard InChI is InChI=1S/C15H19FN2/c1-11-3-2-4-13(11)9-18-10-14-7-15(16)6-5-12(14)8-17/h5-7,11,13,18H,2-4,9-10H2,1H3. The number of nitrogens with one attached hydrogen (secondary N) is 1. The largest absolute Gasteiger partial charge is 0.312 e. The number of halogens is 1. The van der Waals surface area contributed by atoms with Gasteiger partial charge >= 0.3 is 0 Å². The van der Waals surface area contributed by atoms with Crippen LogP contribution in [0.1, 0.15) is 37.3 Å². The summed E-state index contributed by atoms with van der Waals surface area (Å²) in [7, 11) is 0. The molecular formula is C15H19FN2. The molecule has 96 valence electrons. The van der Waals surface area contributed by atoms with Gasteiger partial charge in [-0.2, -0.15) is 5.26 Å². The van der Waals surface area contributed by atoms with E-state index >= 15 is 0 Å². The van der Waals surface area contributed by atoms with Gasteiger partial charge in [-0.15, -0.1) is 0 Å². The van der Waals surface area contributed by atoms with E-state index in [0.717, 1.165) is 23.9 Å². The van der Waals surface area contributed by atoms with Crippen molar-refractivity contribution >= 4 is 0 Å². The van der Waals surface area contributed by atoms with Gasteiger partial charge in [0.25, 0.3) is 0 Å². The maximum Gasteiger partial charge on any atom is 0.123 e. The predicted octanol–water partition coefficient (Wildman–Crippen LogP) is 3.22. The van der Waals surface area contributed by atoms with Gasteiger partial charge in [0.05, 0.1) is 11.6 Å². The molecule has 0 saturated heterocycles. The molecule has 3 heteroatoms. The molecule has 1 N–H and O–H groups in total. The molecule has 1 fully saturated rings. The van der Waals surface area contributed by atoms with Crippen LogP contribution in [0.15, 0.2) is 18.2 Å². The second kappa shape index (κ2) is 5.97. The lowest BCUT2D eigenvalue weighted by Crippen LogP contribution is -2.24. The molecule has 2 atom stereocenters. The van der Waals surface area contributed by atoms with Crippen LogP contribution in [-0.4, -0.2) is 6.54 Å². The second-order valence-corrected chi connectivity index (χ2v) is 5.21. The van der Waals surface area contributed by atoms with E-state index in [1.165, 1.54) is 31.4 Å². The van der Waals surface area contributed by atoms with Gasteiger partial charge in [0.15, 0.2) is 0 Å². The Morgan fingerprint density at radius 3 is 2.94 bits per heavy atom. The topological polar surface area (TPSA) is 35.8 Å². The van der Waals surface area contributed by atoms with Crippen molar-refractivity contribution in [3.63, 3.8) is 0 Å². The Morgan fingerprint density at radius 2 is 2.28 bits per heavy atom. The lowest BCUT2D eigenvalue weighted by Gasteiger charge is -2.16. The van der Waals surface area contributed by atoms with E-state index in [0.29, 0.717) is 12.1 Å². The number of nitrogens with zero attached hydrogens (tertiary/aromatic N) is 1. The number of hydrogen-bond donors (Lipinski definition) is 1. The van der Waals surface area contributed by atoms with Crippen molar-refractivity contribution in [3.8, 4) is 6.07 Å². The van der Waals surface area contributed by atoms with E-state index in [-0.39, 0.29) is 5.82 Å². The van der Waals surface area contributed by atoms with Crippen LogP contribution < -0.4 is 5.32 Å². The minimum Gasteiger partial charge on any atom is -0.312 e. The summed E-state index contributed by atoms with van der Waals surface area (Å²) in [4.78, 5) is 0. The Bertz CT molecular complexity index is 450. The summed E-state index contributed by atoms with van der Waals surface area (Å²) < 4.78 is 13.1. The smallest absolute Gasteiger partial charge is 0.123 e.